The van der Waals surface area contributed by atoms with E-state index in [0.717, 1.165) is 18.6 Å². The van der Waals surface area contributed by atoms with E-state index in [2.05, 4.69) is 6.07 Å². The van der Waals surface area contributed by atoms with Gasteiger partial charge in [-0.05, 0) is 25.0 Å². The number of carboxylic acid groups (broad SMARTS) is 1. The zero-order valence-corrected chi connectivity index (χ0v) is 8.64. The van der Waals surface area contributed by atoms with E-state index in [1.807, 2.05) is 6.92 Å². The molecule has 13 heavy (non-hydrogen) atoms. The average Bonchev–Trinajstić information content (AvgIpc) is 2.10. The van der Waals surface area contributed by atoms with Gasteiger partial charge in [-0.2, -0.15) is 5.26 Å². The van der Waals surface area contributed by atoms with Crippen molar-refractivity contribution in [2.75, 3.05) is 5.75 Å². The highest BCUT2D eigenvalue weighted by atomic mass is 32.2. The van der Waals surface area contributed by atoms with E-state index in [-0.39, 0.29) is 5.25 Å². The molecule has 0 fully saturated rings. The van der Waals surface area contributed by atoms with Gasteiger partial charge in [-0.15, -0.1) is 11.8 Å². The first kappa shape index (κ1) is 12.3. The number of rotatable bonds is 7. The zero-order valence-electron chi connectivity index (χ0n) is 7.82. The van der Waals surface area contributed by atoms with Crippen LogP contribution in [-0.4, -0.2) is 22.1 Å². The number of hydrogen-bond acceptors (Lipinski definition) is 3. The first-order chi connectivity index (χ1) is 6.22. The molecule has 0 aliphatic heterocycles. The molecular formula is C9H15NO2S. The normalized spacial score (nSPS) is 12.0. The lowest BCUT2D eigenvalue weighted by Crippen LogP contribution is -2.15. The van der Waals surface area contributed by atoms with Crippen molar-refractivity contribution in [3.63, 3.8) is 0 Å². The minimum absolute atomic E-state index is 0.276. The lowest BCUT2D eigenvalue weighted by molar-refractivity contribution is -0.136. The number of aliphatic carboxylic acids is 1. The van der Waals surface area contributed by atoms with Crippen LogP contribution < -0.4 is 0 Å². The van der Waals surface area contributed by atoms with E-state index in [9.17, 15) is 4.79 Å². The Kier molecular flexibility index (Phi) is 7.51. The third-order valence-electron chi connectivity index (χ3n) is 1.65. The number of carbonyl (C=O) groups is 1. The molecule has 0 aliphatic rings. The summed E-state index contributed by atoms with van der Waals surface area (Å²) in [6.45, 7) is 1.88. The van der Waals surface area contributed by atoms with Crippen LogP contribution in [0.1, 0.15) is 32.6 Å². The van der Waals surface area contributed by atoms with Crippen molar-refractivity contribution in [1.29, 1.82) is 5.26 Å². The van der Waals surface area contributed by atoms with Crippen LogP contribution in [0.2, 0.25) is 0 Å². The summed E-state index contributed by atoms with van der Waals surface area (Å²) < 4.78 is 0. The van der Waals surface area contributed by atoms with Crippen molar-refractivity contribution in [2.24, 2.45) is 0 Å². The summed E-state index contributed by atoms with van der Waals surface area (Å²) in [5, 5.41) is 16.7. The van der Waals surface area contributed by atoms with Gasteiger partial charge in [0.15, 0.2) is 0 Å². The van der Waals surface area contributed by atoms with Crippen LogP contribution in [0.25, 0.3) is 0 Å². The van der Waals surface area contributed by atoms with E-state index in [0.29, 0.717) is 12.8 Å². The second-order valence-electron chi connectivity index (χ2n) is 2.72. The van der Waals surface area contributed by atoms with E-state index in [1.165, 1.54) is 11.8 Å². The summed E-state index contributed by atoms with van der Waals surface area (Å²) in [5.41, 5.74) is 0. The molecule has 0 aromatic heterocycles. The third-order valence-corrected chi connectivity index (χ3v) is 3.11. The fraction of sp³-hybridized carbons (Fsp3) is 0.778. The molecule has 0 bridgehead atoms. The summed E-state index contributed by atoms with van der Waals surface area (Å²) >= 11 is 1.47. The van der Waals surface area contributed by atoms with Gasteiger partial charge in [-0.25, -0.2) is 0 Å². The van der Waals surface area contributed by atoms with Crippen LogP contribution in [0.4, 0.5) is 0 Å². The number of carboxylic acids is 1. The molecule has 0 spiro atoms. The number of thioether (sulfide) groups is 1. The van der Waals surface area contributed by atoms with Gasteiger partial charge in [-0.3, -0.25) is 4.79 Å². The van der Waals surface area contributed by atoms with Gasteiger partial charge in [0.05, 0.1) is 6.07 Å². The molecular weight excluding hydrogens is 186 g/mol. The second-order valence-corrected chi connectivity index (χ2v) is 4.03. The topological polar surface area (TPSA) is 61.1 Å². The number of unbranched alkanes of at least 4 members (excludes halogenated alkanes) is 2. The summed E-state index contributed by atoms with van der Waals surface area (Å²) in [7, 11) is 0. The predicted octanol–water partition coefficient (Wildman–Crippen LogP) is 2.28. The van der Waals surface area contributed by atoms with Crippen molar-refractivity contribution in [3.8, 4) is 6.07 Å². The molecule has 0 radical (unpaired) electrons. The Morgan fingerprint density at radius 3 is 2.77 bits per heavy atom. The van der Waals surface area contributed by atoms with Crippen LogP contribution in [-0.2, 0) is 4.79 Å². The van der Waals surface area contributed by atoms with Crippen molar-refractivity contribution >= 4 is 17.7 Å². The summed E-state index contributed by atoms with van der Waals surface area (Å²) in [6.07, 6.45) is 3.05. The van der Waals surface area contributed by atoms with E-state index < -0.39 is 5.97 Å². The largest absolute Gasteiger partial charge is 0.480 e. The van der Waals surface area contributed by atoms with Crippen LogP contribution in [0.3, 0.4) is 0 Å². The van der Waals surface area contributed by atoms with Crippen LogP contribution in [0.5, 0.6) is 0 Å². The third kappa shape index (κ3) is 6.47. The maximum Gasteiger partial charge on any atom is 0.316 e. The van der Waals surface area contributed by atoms with E-state index >= 15 is 0 Å². The minimum atomic E-state index is -0.729. The molecule has 0 saturated heterocycles. The number of nitriles is 1. The van der Waals surface area contributed by atoms with E-state index in [1.54, 1.807) is 0 Å². The molecule has 4 heteroatoms. The highest BCUT2D eigenvalue weighted by Gasteiger charge is 2.14. The Balaban J connectivity index is 3.40. The molecule has 0 aliphatic carbocycles. The molecule has 0 rings (SSSR count). The Morgan fingerprint density at radius 1 is 1.62 bits per heavy atom. The number of nitrogens with zero attached hydrogens (tertiary/aromatic N) is 1. The summed E-state index contributed by atoms with van der Waals surface area (Å²) in [5.74, 6) is 0.111. The van der Waals surface area contributed by atoms with Crippen LogP contribution in [0, 0.1) is 11.3 Å². The molecule has 1 N–H and O–H groups in total. The highest BCUT2D eigenvalue weighted by Crippen LogP contribution is 2.16. The Hall–Kier alpha value is -0.690. The van der Waals surface area contributed by atoms with Crippen molar-refractivity contribution in [1.82, 2.24) is 0 Å². The minimum Gasteiger partial charge on any atom is -0.480 e. The van der Waals surface area contributed by atoms with Gasteiger partial charge < -0.3 is 5.11 Å². The molecule has 3 nitrogen and oxygen atoms in total. The van der Waals surface area contributed by atoms with E-state index in [4.69, 9.17) is 10.4 Å². The highest BCUT2D eigenvalue weighted by molar-refractivity contribution is 8.00. The molecule has 1 atom stereocenters. The SMILES string of the molecule is CCC(SCCCCC#N)C(=O)O. The molecule has 0 heterocycles. The van der Waals surface area contributed by atoms with Crippen molar-refractivity contribution in [3.05, 3.63) is 0 Å². The molecule has 0 saturated carbocycles. The molecule has 74 valence electrons. The first-order valence-corrected chi connectivity index (χ1v) is 5.48. The quantitative estimate of drug-likeness (QED) is 0.642. The smallest absolute Gasteiger partial charge is 0.316 e. The standard InChI is InChI=1S/C9H15NO2S/c1-2-8(9(11)12)13-7-5-3-4-6-10/h8H,2-5,7H2,1H3,(H,11,12). The summed E-state index contributed by atoms with van der Waals surface area (Å²) in [4.78, 5) is 10.6. The maximum absolute atomic E-state index is 10.6. The predicted molar refractivity (Wildman–Crippen MR) is 53.6 cm³/mol. The summed E-state index contributed by atoms with van der Waals surface area (Å²) in [6, 6.07) is 2.07. The lowest BCUT2D eigenvalue weighted by atomic mass is 10.3. The molecule has 1 unspecified atom stereocenters. The van der Waals surface area contributed by atoms with Gasteiger partial charge >= 0.3 is 5.97 Å². The zero-order chi connectivity index (χ0) is 10.1. The van der Waals surface area contributed by atoms with Crippen molar-refractivity contribution in [2.45, 2.75) is 37.9 Å². The maximum atomic E-state index is 10.6. The second kappa shape index (κ2) is 7.93. The fourth-order valence-corrected chi connectivity index (χ4v) is 1.93. The van der Waals surface area contributed by atoms with Crippen LogP contribution in [0.15, 0.2) is 0 Å². The average molecular weight is 201 g/mol. The Labute approximate surface area is 83.1 Å². The monoisotopic (exact) mass is 201 g/mol. The van der Waals surface area contributed by atoms with Gasteiger partial charge in [0.1, 0.15) is 5.25 Å². The molecule has 0 amide bonds. The Bertz CT molecular complexity index is 189. The Morgan fingerprint density at radius 2 is 2.31 bits per heavy atom. The van der Waals surface area contributed by atoms with Crippen LogP contribution >= 0.6 is 11.8 Å². The fourth-order valence-electron chi connectivity index (χ4n) is 0.895. The van der Waals surface area contributed by atoms with Gasteiger partial charge in [0, 0.05) is 6.42 Å². The van der Waals surface area contributed by atoms with Gasteiger partial charge in [0.2, 0.25) is 0 Å². The molecule has 0 aromatic rings. The van der Waals surface area contributed by atoms with Crippen molar-refractivity contribution < 1.29 is 9.90 Å². The van der Waals surface area contributed by atoms with Gasteiger partial charge in [0.25, 0.3) is 0 Å². The number of hydrogen-bond donors (Lipinski definition) is 1. The lowest BCUT2D eigenvalue weighted by Gasteiger charge is -2.07. The first-order valence-electron chi connectivity index (χ1n) is 4.43. The van der Waals surface area contributed by atoms with Gasteiger partial charge in [-0.1, -0.05) is 6.92 Å². The molecule has 0 aromatic carbocycles.